The van der Waals surface area contributed by atoms with Crippen LogP contribution in [-0.4, -0.2) is 25.6 Å². The van der Waals surface area contributed by atoms with Crippen molar-refractivity contribution in [1.29, 1.82) is 0 Å². The van der Waals surface area contributed by atoms with Crippen LogP contribution in [0.4, 0.5) is 0 Å². The summed E-state index contributed by atoms with van der Waals surface area (Å²) in [5, 5.41) is 0. The van der Waals surface area contributed by atoms with E-state index in [9.17, 15) is 4.79 Å². The smallest absolute Gasteiger partial charge is 0.184 e. The molecule has 0 atom stereocenters. The molecule has 0 amide bonds. The molecule has 0 aromatic heterocycles. The lowest BCUT2D eigenvalue weighted by molar-refractivity contribution is -0.120. The lowest BCUT2D eigenvalue weighted by Crippen LogP contribution is -2.14. The summed E-state index contributed by atoms with van der Waals surface area (Å²) >= 11 is 0. The Bertz CT molecular complexity index is 160. The monoisotopic (exact) mass is 142 g/mol. The van der Waals surface area contributed by atoms with Gasteiger partial charge in [0.15, 0.2) is 5.78 Å². The summed E-state index contributed by atoms with van der Waals surface area (Å²) in [5.41, 5.74) is 0. The summed E-state index contributed by atoms with van der Waals surface area (Å²) in [6, 6.07) is 0. The van der Waals surface area contributed by atoms with Gasteiger partial charge in [-0.25, -0.2) is 0 Å². The number of ketones is 1. The minimum Gasteiger partial charge on any atom is -0.496 e. The number of carbonyl (C=O) groups excluding carboxylic acids is 1. The van der Waals surface area contributed by atoms with Crippen LogP contribution in [0.3, 0.4) is 0 Å². The van der Waals surface area contributed by atoms with Crippen molar-refractivity contribution in [3.63, 3.8) is 0 Å². The topological polar surface area (TPSA) is 35.5 Å². The Labute approximate surface area is 59.6 Å². The van der Waals surface area contributed by atoms with E-state index in [4.69, 9.17) is 9.47 Å². The SMILES string of the molecule is C/C1=C/C(=O)COCCO1. The van der Waals surface area contributed by atoms with Crippen LogP contribution < -0.4 is 0 Å². The van der Waals surface area contributed by atoms with Gasteiger partial charge in [0.25, 0.3) is 0 Å². The molecule has 0 N–H and O–H groups in total. The quantitative estimate of drug-likeness (QED) is 0.494. The molecule has 1 aliphatic heterocycles. The van der Waals surface area contributed by atoms with E-state index in [0.717, 1.165) is 0 Å². The first-order valence-corrected chi connectivity index (χ1v) is 3.21. The van der Waals surface area contributed by atoms with Crippen molar-refractivity contribution in [2.45, 2.75) is 6.92 Å². The highest BCUT2D eigenvalue weighted by atomic mass is 16.5. The van der Waals surface area contributed by atoms with Gasteiger partial charge in [-0.05, 0) is 6.92 Å². The van der Waals surface area contributed by atoms with Crippen molar-refractivity contribution in [1.82, 2.24) is 0 Å². The Hall–Kier alpha value is -0.830. The van der Waals surface area contributed by atoms with Crippen LogP contribution >= 0.6 is 0 Å². The second-order valence-electron chi connectivity index (χ2n) is 2.12. The van der Waals surface area contributed by atoms with E-state index in [0.29, 0.717) is 19.0 Å². The number of ether oxygens (including phenoxy) is 2. The third-order valence-corrected chi connectivity index (χ3v) is 1.17. The fraction of sp³-hybridized carbons (Fsp3) is 0.571. The maximum Gasteiger partial charge on any atom is 0.184 e. The summed E-state index contributed by atoms with van der Waals surface area (Å²) in [4.78, 5) is 10.8. The van der Waals surface area contributed by atoms with Crippen LogP contribution in [0.15, 0.2) is 11.8 Å². The summed E-state index contributed by atoms with van der Waals surface area (Å²) < 4.78 is 9.98. The molecule has 0 aromatic rings. The molecule has 0 aliphatic carbocycles. The van der Waals surface area contributed by atoms with E-state index in [2.05, 4.69) is 0 Å². The van der Waals surface area contributed by atoms with Gasteiger partial charge in [0, 0.05) is 6.08 Å². The number of carbonyl (C=O) groups is 1. The van der Waals surface area contributed by atoms with Gasteiger partial charge in [-0.15, -0.1) is 0 Å². The van der Waals surface area contributed by atoms with Crippen LogP contribution in [-0.2, 0) is 14.3 Å². The largest absolute Gasteiger partial charge is 0.496 e. The predicted octanol–water partition coefficient (Wildman–Crippen LogP) is 0.506. The average molecular weight is 142 g/mol. The van der Waals surface area contributed by atoms with Crippen LogP contribution in [0.2, 0.25) is 0 Å². The molecular formula is C7H10O3. The van der Waals surface area contributed by atoms with Gasteiger partial charge in [-0.1, -0.05) is 0 Å². The molecule has 56 valence electrons. The zero-order valence-electron chi connectivity index (χ0n) is 5.92. The Kier molecular flexibility index (Phi) is 2.45. The molecular weight excluding hydrogens is 132 g/mol. The predicted molar refractivity (Wildman–Crippen MR) is 35.5 cm³/mol. The van der Waals surface area contributed by atoms with Crippen molar-refractivity contribution in [3.05, 3.63) is 11.8 Å². The highest BCUT2D eigenvalue weighted by molar-refractivity contribution is 5.91. The first kappa shape index (κ1) is 7.28. The third-order valence-electron chi connectivity index (χ3n) is 1.17. The third kappa shape index (κ3) is 2.19. The zero-order valence-corrected chi connectivity index (χ0v) is 5.92. The Balaban J connectivity index is 2.55. The summed E-state index contributed by atoms with van der Waals surface area (Å²) in [5.74, 6) is 0.644. The number of rotatable bonds is 0. The summed E-state index contributed by atoms with van der Waals surface area (Å²) in [7, 11) is 0. The fourth-order valence-electron chi connectivity index (χ4n) is 0.744. The number of hydrogen-bond donors (Lipinski definition) is 0. The maximum atomic E-state index is 10.8. The second kappa shape index (κ2) is 3.37. The van der Waals surface area contributed by atoms with Crippen molar-refractivity contribution < 1.29 is 14.3 Å². The van der Waals surface area contributed by atoms with Gasteiger partial charge in [0.1, 0.15) is 13.2 Å². The van der Waals surface area contributed by atoms with E-state index in [-0.39, 0.29) is 12.4 Å². The molecule has 0 saturated carbocycles. The molecule has 0 saturated heterocycles. The van der Waals surface area contributed by atoms with E-state index >= 15 is 0 Å². The molecule has 1 heterocycles. The number of allylic oxidation sites excluding steroid dienone is 1. The summed E-state index contributed by atoms with van der Waals surface area (Å²) in [6.45, 7) is 2.98. The Morgan fingerprint density at radius 1 is 1.50 bits per heavy atom. The van der Waals surface area contributed by atoms with E-state index in [1.54, 1.807) is 6.92 Å². The van der Waals surface area contributed by atoms with Gasteiger partial charge in [0.05, 0.1) is 12.4 Å². The fourth-order valence-corrected chi connectivity index (χ4v) is 0.744. The molecule has 0 bridgehead atoms. The van der Waals surface area contributed by atoms with E-state index < -0.39 is 0 Å². The van der Waals surface area contributed by atoms with Crippen molar-refractivity contribution in [3.8, 4) is 0 Å². The van der Waals surface area contributed by atoms with Crippen molar-refractivity contribution in [2.24, 2.45) is 0 Å². The normalized spacial score (nSPS) is 25.7. The van der Waals surface area contributed by atoms with E-state index in [1.165, 1.54) is 6.08 Å². The molecule has 10 heavy (non-hydrogen) atoms. The number of hydrogen-bond acceptors (Lipinski definition) is 3. The Morgan fingerprint density at radius 2 is 2.30 bits per heavy atom. The van der Waals surface area contributed by atoms with Gasteiger partial charge in [0.2, 0.25) is 0 Å². The lowest BCUT2D eigenvalue weighted by Gasteiger charge is -2.09. The molecule has 0 fully saturated rings. The molecule has 0 aromatic carbocycles. The molecule has 1 aliphatic rings. The minimum absolute atomic E-state index is 0.0304. The standard InChI is InChI=1S/C7H10O3/c1-6-4-7(8)5-9-2-3-10-6/h4H,2-3,5H2,1H3/b6-4-. The molecule has 3 nitrogen and oxygen atoms in total. The Morgan fingerprint density at radius 3 is 3.10 bits per heavy atom. The van der Waals surface area contributed by atoms with Crippen LogP contribution in [0.1, 0.15) is 6.92 Å². The molecule has 3 heteroatoms. The van der Waals surface area contributed by atoms with E-state index in [1.807, 2.05) is 0 Å². The second-order valence-corrected chi connectivity index (χ2v) is 2.12. The minimum atomic E-state index is -0.0304. The van der Waals surface area contributed by atoms with Gasteiger partial charge in [-0.3, -0.25) is 4.79 Å². The molecule has 0 radical (unpaired) electrons. The van der Waals surface area contributed by atoms with Crippen LogP contribution in [0.5, 0.6) is 0 Å². The van der Waals surface area contributed by atoms with Crippen LogP contribution in [0.25, 0.3) is 0 Å². The highest BCUT2D eigenvalue weighted by Gasteiger charge is 2.03. The van der Waals surface area contributed by atoms with Gasteiger partial charge in [-0.2, -0.15) is 0 Å². The van der Waals surface area contributed by atoms with Crippen LogP contribution in [0, 0.1) is 0 Å². The maximum absolute atomic E-state index is 10.8. The summed E-state index contributed by atoms with van der Waals surface area (Å²) in [6.07, 6.45) is 1.46. The highest BCUT2D eigenvalue weighted by Crippen LogP contribution is 1.98. The molecule has 1 rings (SSSR count). The van der Waals surface area contributed by atoms with Crippen molar-refractivity contribution in [2.75, 3.05) is 19.8 Å². The first-order valence-electron chi connectivity index (χ1n) is 3.21. The van der Waals surface area contributed by atoms with Gasteiger partial charge < -0.3 is 9.47 Å². The van der Waals surface area contributed by atoms with Crippen molar-refractivity contribution >= 4 is 5.78 Å². The first-order chi connectivity index (χ1) is 4.79. The zero-order chi connectivity index (χ0) is 7.40. The lowest BCUT2D eigenvalue weighted by atomic mass is 10.3. The molecule has 0 spiro atoms. The molecule has 0 unspecified atom stereocenters. The average Bonchev–Trinajstić information content (AvgIpc) is 1.83. The van der Waals surface area contributed by atoms with Gasteiger partial charge >= 0.3 is 0 Å².